The second-order valence-electron chi connectivity index (χ2n) is 8.63. The van der Waals surface area contributed by atoms with Crippen LogP contribution < -0.4 is 0 Å². The smallest absolute Gasteiger partial charge is 0.273 e. The Morgan fingerprint density at radius 1 is 1.09 bits per heavy atom. The first-order chi connectivity index (χ1) is 16.0. The highest BCUT2D eigenvalue weighted by Gasteiger charge is 2.42. The lowest BCUT2D eigenvalue weighted by Crippen LogP contribution is -2.29. The molecule has 0 saturated heterocycles. The van der Waals surface area contributed by atoms with Crippen molar-refractivity contribution in [2.24, 2.45) is 0 Å². The lowest BCUT2D eigenvalue weighted by atomic mass is 9.93. The Kier molecular flexibility index (Phi) is 5.21. The number of pyridine rings is 1. The van der Waals surface area contributed by atoms with Gasteiger partial charge in [-0.25, -0.2) is 0 Å². The zero-order valence-corrected chi connectivity index (χ0v) is 19.0. The van der Waals surface area contributed by atoms with Gasteiger partial charge in [0.2, 0.25) is 0 Å². The van der Waals surface area contributed by atoms with Gasteiger partial charge < -0.3 is 10.0 Å². The Hall–Kier alpha value is -3.93. The van der Waals surface area contributed by atoms with E-state index in [1.807, 2.05) is 43.0 Å². The number of benzene rings is 2. The third-order valence-electron chi connectivity index (χ3n) is 6.34. The average Bonchev–Trinajstić information content (AvgIpc) is 3.36. The molecule has 3 heterocycles. The van der Waals surface area contributed by atoms with Gasteiger partial charge in [-0.3, -0.25) is 14.9 Å². The summed E-state index contributed by atoms with van der Waals surface area (Å²) in [6.45, 7) is 6.41. The van der Waals surface area contributed by atoms with E-state index in [9.17, 15) is 9.90 Å². The zero-order valence-electron chi connectivity index (χ0n) is 19.0. The van der Waals surface area contributed by atoms with Crippen LogP contribution in [-0.4, -0.2) is 31.1 Å². The van der Waals surface area contributed by atoms with Crippen molar-refractivity contribution < 1.29 is 9.90 Å². The molecule has 0 unspecified atom stereocenters. The fourth-order valence-electron chi connectivity index (χ4n) is 4.68. The van der Waals surface area contributed by atoms with Gasteiger partial charge in [0.1, 0.15) is 17.1 Å². The minimum Gasteiger partial charge on any atom is -0.507 e. The first-order valence-corrected chi connectivity index (χ1v) is 11.2. The summed E-state index contributed by atoms with van der Waals surface area (Å²) in [5.74, 6) is 0.0779. The molecule has 2 N–H and O–H groups in total. The van der Waals surface area contributed by atoms with Crippen molar-refractivity contribution in [2.75, 3.05) is 0 Å². The van der Waals surface area contributed by atoms with Crippen molar-refractivity contribution >= 4 is 5.91 Å². The molecule has 0 fully saturated rings. The van der Waals surface area contributed by atoms with E-state index in [0.29, 0.717) is 23.5 Å². The maximum Gasteiger partial charge on any atom is 0.273 e. The van der Waals surface area contributed by atoms with Gasteiger partial charge in [-0.05, 0) is 60.2 Å². The van der Waals surface area contributed by atoms with Crippen molar-refractivity contribution in [3.63, 3.8) is 0 Å². The van der Waals surface area contributed by atoms with Crippen LogP contribution in [0.4, 0.5) is 0 Å². The third-order valence-corrected chi connectivity index (χ3v) is 6.34. The van der Waals surface area contributed by atoms with Crippen LogP contribution in [0, 0.1) is 13.8 Å². The molecule has 0 aliphatic carbocycles. The number of hydrogen-bond donors (Lipinski definition) is 2. The molecule has 1 atom stereocenters. The van der Waals surface area contributed by atoms with E-state index in [2.05, 4.69) is 46.4 Å². The highest BCUT2D eigenvalue weighted by atomic mass is 16.3. The van der Waals surface area contributed by atoms with Crippen LogP contribution >= 0.6 is 0 Å². The number of aryl methyl sites for hydroxylation is 3. The molecule has 33 heavy (non-hydrogen) atoms. The van der Waals surface area contributed by atoms with E-state index in [-0.39, 0.29) is 17.7 Å². The predicted octanol–water partition coefficient (Wildman–Crippen LogP) is 5.10. The summed E-state index contributed by atoms with van der Waals surface area (Å²) in [6.07, 6.45) is 4.46. The SMILES string of the molecule is CCc1ccc([C@@H]2c3c(-c4cc(C)cc(C)c4O)n[nH]c3C(=O)N2Cc2cccnc2)cc1. The van der Waals surface area contributed by atoms with Crippen molar-refractivity contribution in [1.82, 2.24) is 20.1 Å². The van der Waals surface area contributed by atoms with Crippen molar-refractivity contribution in [3.05, 3.63) is 100.0 Å². The summed E-state index contributed by atoms with van der Waals surface area (Å²) in [5, 5.41) is 18.3. The summed E-state index contributed by atoms with van der Waals surface area (Å²) < 4.78 is 0. The fourth-order valence-corrected chi connectivity index (χ4v) is 4.68. The summed E-state index contributed by atoms with van der Waals surface area (Å²) in [4.78, 5) is 19.6. The molecule has 1 amide bonds. The summed E-state index contributed by atoms with van der Waals surface area (Å²) in [7, 11) is 0. The number of carbonyl (C=O) groups excluding carboxylic acids is 1. The Balaban J connectivity index is 1.68. The Labute approximate surface area is 192 Å². The van der Waals surface area contributed by atoms with Crippen molar-refractivity contribution in [3.8, 4) is 17.0 Å². The van der Waals surface area contributed by atoms with Crippen LogP contribution in [0.3, 0.4) is 0 Å². The number of phenolic OH excluding ortho intramolecular Hbond substituents is 1. The van der Waals surface area contributed by atoms with Crippen molar-refractivity contribution in [2.45, 2.75) is 39.8 Å². The van der Waals surface area contributed by atoms with E-state index in [4.69, 9.17) is 0 Å². The molecule has 6 heteroatoms. The number of H-pyrrole nitrogens is 1. The highest BCUT2D eigenvalue weighted by Crippen LogP contribution is 2.45. The average molecular weight is 439 g/mol. The van der Waals surface area contributed by atoms with Gasteiger partial charge in [-0.1, -0.05) is 43.3 Å². The lowest BCUT2D eigenvalue weighted by Gasteiger charge is -2.26. The van der Waals surface area contributed by atoms with Crippen LogP contribution in [0.5, 0.6) is 5.75 Å². The van der Waals surface area contributed by atoms with Crippen LogP contribution in [0.1, 0.15) is 56.8 Å². The second kappa shape index (κ2) is 8.20. The first-order valence-electron chi connectivity index (χ1n) is 11.2. The molecular formula is C27H26N4O2. The minimum atomic E-state index is -0.326. The molecule has 2 aromatic heterocycles. The Bertz CT molecular complexity index is 1330. The first kappa shape index (κ1) is 20.9. The Morgan fingerprint density at radius 2 is 1.88 bits per heavy atom. The topological polar surface area (TPSA) is 82.1 Å². The monoisotopic (exact) mass is 438 g/mol. The molecule has 0 spiro atoms. The van der Waals surface area contributed by atoms with Gasteiger partial charge in [0, 0.05) is 30.1 Å². The van der Waals surface area contributed by atoms with Gasteiger partial charge >= 0.3 is 0 Å². The van der Waals surface area contributed by atoms with E-state index < -0.39 is 0 Å². The van der Waals surface area contributed by atoms with Gasteiger partial charge in [-0.15, -0.1) is 0 Å². The number of carbonyl (C=O) groups is 1. The summed E-state index contributed by atoms with van der Waals surface area (Å²) >= 11 is 0. The molecule has 0 radical (unpaired) electrons. The number of aromatic amines is 1. The molecule has 4 aromatic rings. The van der Waals surface area contributed by atoms with Crippen LogP contribution in [0.15, 0.2) is 60.9 Å². The lowest BCUT2D eigenvalue weighted by molar-refractivity contribution is 0.0730. The summed E-state index contributed by atoms with van der Waals surface area (Å²) in [6, 6.07) is 15.8. The predicted molar refractivity (Wildman–Crippen MR) is 127 cm³/mol. The van der Waals surface area contributed by atoms with Gasteiger partial charge in [-0.2, -0.15) is 5.10 Å². The molecule has 2 aromatic carbocycles. The number of aromatic nitrogens is 3. The van der Waals surface area contributed by atoms with Gasteiger partial charge in [0.15, 0.2) is 0 Å². The van der Waals surface area contributed by atoms with Crippen molar-refractivity contribution in [1.29, 1.82) is 0 Å². The van der Waals surface area contributed by atoms with E-state index in [0.717, 1.165) is 34.2 Å². The molecule has 6 nitrogen and oxygen atoms in total. The number of hydrogen-bond acceptors (Lipinski definition) is 4. The van der Waals surface area contributed by atoms with Crippen LogP contribution in [-0.2, 0) is 13.0 Å². The largest absolute Gasteiger partial charge is 0.507 e. The molecule has 1 aliphatic heterocycles. The molecule has 5 rings (SSSR count). The molecule has 166 valence electrons. The highest BCUT2D eigenvalue weighted by molar-refractivity contribution is 6.00. The summed E-state index contributed by atoms with van der Waals surface area (Å²) in [5.41, 5.74) is 7.52. The van der Waals surface area contributed by atoms with Gasteiger partial charge in [0.05, 0.1) is 6.04 Å². The maximum absolute atomic E-state index is 13.5. The standard InChI is InChI=1S/C27H26N4O2/c1-4-18-7-9-20(10-8-18)25-22-23(21-13-16(2)12-17(3)26(21)32)29-30-24(22)27(33)31(25)15-19-6-5-11-28-14-19/h5-14,25,32H,4,15H2,1-3H3,(H,29,30)/t25-/m1/s1. The number of nitrogens with one attached hydrogen (secondary N) is 1. The maximum atomic E-state index is 13.5. The number of fused-ring (bicyclic) bond motifs is 1. The third kappa shape index (κ3) is 3.57. The van der Waals surface area contributed by atoms with E-state index >= 15 is 0 Å². The van der Waals surface area contributed by atoms with E-state index in [1.54, 1.807) is 12.4 Å². The Morgan fingerprint density at radius 3 is 2.58 bits per heavy atom. The number of nitrogens with zero attached hydrogens (tertiary/aromatic N) is 3. The molecular weight excluding hydrogens is 412 g/mol. The quantitative estimate of drug-likeness (QED) is 0.454. The normalized spacial score (nSPS) is 15.2. The van der Waals surface area contributed by atoms with Gasteiger partial charge in [0.25, 0.3) is 5.91 Å². The zero-order chi connectivity index (χ0) is 23.1. The fraction of sp³-hybridized carbons (Fsp3) is 0.222. The van der Waals surface area contributed by atoms with Crippen LogP contribution in [0.25, 0.3) is 11.3 Å². The molecule has 0 bridgehead atoms. The minimum absolute atomic E-state index is 0.110. The molecule has 0 saturated carbocycles. The van der Waals surface area contributed by atoms with Crippen LogP contribution in [0.2, 0.25) is 0 Å². The number of phenols is 1. The van der Waals surface area contributed by atoms with E-state index in [1.165, 1.54) is 5.56 Å². The number of aromatic hydroxyl groups is 1. The number of amides is 1. The molecule has 1 aliphatic rings. The number of rotatable bonds is 5. The second-order valence-corrected chi connectivity index (χ2v) is 8.63.